The topological polar surface area (TPSA) is 18.5 Å². The summed E-state index contributed by atoms with van der Waals surface area (Å²) in [5.41, 5.74) is 1.03. The highest BCUT2D eigenvalue weighted by molar-refractivity contribution is 5.23. The van der Waals surface area contributed by atoms with Gasteiger partial charge in [-0.15, -0.1) is 0 Å². The summed E-state index contributed by atoms with van der Waals surface area (Å²) in [4.78, 5) is 0. The molecule has 2 nitrogen and oxygen atoms in total. The molecule has 132 valence electrons. The van der Waals surface area contributed by atoms with Crippen LogP contribution in [0.5, 0.6) is 0 Å². The third-order valence-electron chi connectivity index (χ3n) is 4.84. The van der Waals surface area contributed by atoms with Gasteiger partial charge in [-0.25, -0.2) is 0 Å². The van der Waals surface area contributed by atoms with Crippen molar-refractivity contribution in [1.29, 1.82) is 0 Å². The first-order valence-electron chi connectivity index (χ1n) is 9.28. The maximum Gasteiger partial charge on any atom is 0.199 e. The van der Waals surface area contributed by atoms with Crippen molar-refractivity contribution in [2.24, 2.45) is 5.41 Å². The predicted molar refractivity (Wildman–Crippen MR) is 98.5 cm³/mol. The molecule has 0 bridgehead atoms. The zero-order valence-electron chi connectivity index (χ0n) is 15.9. The van der Waals surface area contributed by atoms with Crippen LogP contribution in [0.2, 0.25) is 0 Å². The van der Waals surface area contributed by atoms with E-state index < -0.39 is 5.79 Å². The molecule has 0 aliphatic rings. The van der Waals surface area contributed by atoms with E-state index in [2.05, 4.69) is 45.0 Å². The van der Waals surface area contributed by atoms with E-state index in [1.165, 1.54) is 38.5 Å². The van der Waals surface area contributed by atoms with Crippen LogP contribution in [-0.2, 0) is 15.3 Å². The summed E-state index contributed by atoms with van der Waals surface area (Å²) in [6.07, 6.45) is 8.97. The smallest absolute Gasteiger partial charge is 0.199 e. The van der Waals surface area contributed by atoms with Crippen molar-refractivity contribution in [1.82, 2.24) is 0 Å². The second-order valence-corrected chi connectivity index (χ2v) is 7.02. The van der Waals surface area contributed by atoms with Gasteiger partial charge in [0, 0.05) is 24.7 Å². The molecule has 1 atom stereocenters. The van der Waals surface area contributed by atoms with Crippen LogP contribution in [0, 0.1) is 5.41 Å². The Morgan fingerprint density at radius 1 is 0.870 bits per heavy atom. The largest absolute Gasteiger partial charge is 0.349 e. The molecule has 2 heteroatoms. The van der Waals surface area contributed by atoms with Gasteiger partial charge in [0.25, 0.3) is 0 Å². The summed E-state index contributed by atoms with van der Waals surface area (Å²) >= 11 is 0. The Bertz CT molecular complexity index is 413. The van der Waals surface area contributed by atoms with Crippen molar-refractivity contribution < 1.29 is 9.47 Å². The molecule has 23 heavy (non-hydrogen) atoms. The summed E-state index contributed by atoms with van der Waals surface area (Å²) in [5, 5.41) is 0. The van der Waals surface area contributed by atoms with Crippen LogP contribution in [0.1, 0.15) is 78.2 Å². The third kappa shape index (κ3) is 5.32. The Kier molecular flexibility index (Phi) is 8.86. The maximum absolute atomic E-state index is 6.20. The fourth-order valence-electron chi connectivity index (χ4n) is 3.50. The van der Waals surface area contributed by atoms with Crippen molar-refractivity contribution in [3.63, 3.8) is 0 Å². The van der Waals surface area contributed by atoms with Crippen molar-refractivity contribution in [2.45, 2.75) is 78.4 Å². The average Bonchev–Trinajstić information content (AvgIpc) is 2.56. The highest BCUT2D eigenvalue weighted by Crippen LogP contribution is 2.46. The summed E-state index contributed by atoms with van der Waals surface area (Å²) < 4.78 is 12.2. The Labute approximate surface area is 143 Å². The number of hydrogen-bond donors (Lipinski definition) is 0. The molecule has 0 saturated heterocycles. The first-order valence-corrected chi connectivity index (χ1v) is 9.28. The first-order chi connectivity index (χ1) is 11.0. The average molecular weight is 321 g/mol. The molecule has 0 N–H and O–H groups in total. The lowest BCUT2D eigenvalue weighted by molar-refractivity contribution is -0.292. The number of benzene rings is 1. The lowest BCUT2D eigenvalue weighted by Crippen LogP contribution is -2.46. The van der Waals surface area contributed by atoms with Gasteiger partial charge < -0.3 is 9.47 Å². The van der Waals surface area contributed by atoms with Crippen molar-refractivity contribution in [3.05, 3.63) is 35.9 Å². The zero-order chi connectivity index (χ0) is 17.2. The first kappa shape index (κ1) is 20.2. The van der Waals surface area contributed by atoms with E-state index in [4.69, 9.17) is 9.47 Å². The summed E-state index contributed by atoms with van der Waals surface area (Å²) in [6, 6.07) is 10.4. The van der Waals surface area contributed by atoms with Gasteiger partial charge in [0.15, 0.2) is 5.79 Å². The Balaban J connectivity index is 2.79. The molecule has 1 unspecified atom stereocenters. The highest BCUT2D eigenvalue weighted by atomic mass is 16.7. The van der Waals surface area contributed by atoms with Gasteiger partial charge in [0.1, 0.15) is 0 Å². The van der Waals surface area contributed by atoms with Crippen molar-refractivity contribution in [3.8, 4) is 0 Å². The molecule has 0 heterocycles. The molecule has 1 aromatic rings. The van der Waals surface area contributed by atoms with Crippen LogP contribution in [0.4, 0.5) is 0 Å². The number of unbranched alkanes of at least 4 members (excludes halogenated alkanes) is 5. The summed E-state index contributed by atoms with van der Waals surface area (Å²) in [5.74, 6) is -0.674. The Morgan fingerprint density at radius 3 is 2.04 bits per heavy atom. The minimum Gasteiger partial charge on any atom is -0.349 e. The van der Waals surface area contributed by atoms with Crippen LogP contribution < -0.4 is 0 Å². The van der Waals surface area contributed by atoms with Crippen LogP contribution in [0.15, 0.2) is 30.3 Å². The standard InChI is InChI=1S/C21H36O2/c1-6-8-9-10-11-15-18-20(3,4)21(22-5,23-7-2)19-16-13-12-14-17-19/h12-14,16-17H,6-11,15,18H2,1-5H3. The number of ether oxygens (including phenoxy) is 2. The molecule has 0 fully saturated rings. The maximum atomic E-state index is 6.20. The Hall–Kier alpha value is -0.860. The molecule has 0 spiro atoms. The van der Waals surface area contributed by atoms with Crippen molar-refractivity contribution in [2.75, 3.05) is 13.7 Å². The lowest BCUT2D eigenvalue weighted by Gasteiger charge is -2.45. The van der Waals surface area contributed by atoms with Crippen molar-refractivity contribution >= 4 is 0 Å². The number of rotatable bonds is 12. The highest BCUT2D eigenvalue weighted by Gasteiger charge is 2.47. The van der Waals surface area contributed by atoms with E-state index in [9.17, 15) is 0 Å². The fraction of sp³-hybridized carbons (Fsp3) is 0.714. The molecule has 0 saturated carbocycles. The molecule has 1 rings (SSSR count). The van der Waals surface area contributed by atoms with Gasteiger partial charge in [0.05, 0.1) is 0 Å². The van der Waals surface area contributed by atoms with Crippen LogP contribution >= 0.6 is 0 Å². The van der Waals surface area contributed by atoms with E-state index in [-0.39, 0.29) is 5.41 Å². The molecular formula is C21H36O2. The molecule has 0 amide bonds. The van der Waals surface area contributed by atoms with Crippen LogP contribution in [0.25, 0.3) is 0 Å². The molecule has 0 aliphatic heterocycles. The predicted octanol–water partition coefficient (Wildman–Crippen LogP) is 6.30. The van der Waals surface area contributed by atoms with Gasteiger partial charge in [-0.1, -0.05) is 89.6 Å². The van der Waals surface area contributed by atoms with Crippen LogP contribution in [-0.4, -0.2) is 13.7 Å². The normalized spacial score (nSPS) is 14.7. The quantitative estimate of drug-likeness (QED) is 0.332. The summed E-state index contributed by atoms with van der Waals surface area (Å²) in [7, 11) is 1.77. The zero-order valence-corrected chi connectivity index (χ0v) is 15.9. The minimum atomic E-state index is -0.674. The lowest BCUT2D eigenvalue weighted by atomic mass is 9.75. The van der Waals surface area contributed by atoms with E-state index in [1.807, 2.05) is 13.0 Å². The molecule has 0 radical (unpaired) electrons. The van der Waals surface area contributed by atoms with Gasteiger partial charge in [0.2, 0.25) is 0 Å². The SMILES string of the molecule is CCCCCCCCC(C)(C)C(OC)(OCC)c1ccccc1. The van der Waals surface area contributed by atoms with E-state index in [0.717, 1.165) is 12.0 Å². The van der Waals surface area contributed by atoms with Gasteiger partial charge in [-0.3, -0.25) is 0 Å². The Morgan fingerprint density at radius 2 is 1.48 bits per heavy atom. The molecule has 1 aromatic carbocycles. The minimum absolute atomic E-state index is 0.0795. The number of hydrogen-bond acceptors (Lipinski definition) is 2. The molecule has 0 aliphatic carbocycles. The summed E-state index contributed by atoms with van der Waals surface area (Å²) in [6.45, 7) is 9.48. The van der Waals surface area contributed by atoms with Crippen LogP contribution in [0.3, 0.4) is 0 Å². The van der Waals surface area contributed by atoms with Gasteiger partial charge >= 0.3 is 0 Å². The van der Waals surface area contributed by atoms with E-state index in [1.54, 1.807) is 7.11 Å². The van der Waals surface area contributed by atoms with Gasteiger partial charge in [-0.05, 0) is 13.3 Å². The third-order valence-corrected chi connectivity index (χ3v) is 4.84. The second kappa shape index (κ2) is 10.1. The van der Waals surface area contributed by atoms with E-state index in [0.29, 0.717) is 6.61 Å². The van der Waals surface area contributed by atoms with E-state index >= 15 is 0 Å². The monoisotopic (exact) mass is 320 g/mol. The molecule has 0 aromatic heterocycles. The number of methoxy groups -OCH3 is 1. The van der Waals surface area contributed by atoms with Gasteiger partial charge in [-0.2, -0.15) is 0 Å². The molecular weight excluding hydrogens is 284 g/mol. The fourth-order valence-corrected chi connectivity index (χ4v) is 3.50. The second-order valence-electron chi connectivity index (χ2n) is 7.02.